The Morgan fingerprint density at radius 3 is 0.439 bits per heavy atom. The highest BCUT2D eigenvalue weighted by Crippen LogP contribution is 2.47. The smallest absolute Gasteiger partial charge is 0.0101 e. The summed E-state index contributed by atoms with van der Waals surface area (Å²) in [6.07, 6.45) is 62.6. The Labute approximate surface area is 354 Å². The molecule has 0 unspecified atom stereocenters. The molecular formula is C54H95N3. The van der Waals surface area contributed by atoms with Crippen LogP contribution < -0.4 is 0 Å². The van der Waals surface area contributed by atoms with Crippen LogP contribution in [0.1, 0.15) is 263 Å². The first kappa shape index (κ1) is 42.2. The van der Waals surface area contributed by atoms with Gasteiger partial charge >= 0.3 is 0 Å². The Kier molecular flexibility index (Phi) is 15.8. The molecular weight excluding hydrogens is 691 g/mol. The van der Waals surface area contributed by atoms with Crippen molar-refractivity contribution in [2.24, 2.45) is 23.7 Å². The molecule has 0 bridgehead atoms. The van der Waals surface area contributed by atoms with Gasteiger partial charge in [0.2, 0.25) is 0 Å². The molecule has 0 radical (unpaired) electrons. The molecule has 3 nitrogen and oxygen atoms in total. The van der Waals surface area contributed by atoms with E-state index in [1.807, 2.05) is 0 Å². The average molecular weight is 786 g/mol. The zero-order valence-corrected chi connectivity index (χ0v) is 37.8. The molecule has 9 aliphatic carbocycles. The van der Waals surface area contributed by atoms with Crippen LogP contribution in [0.15, 0.2) is 0 Å². The maximum atomic E-state index is 3.30. The molecule has 0 aromatic rings. The monoisotopic (exact) mass is 786 g/mol. The third-order valence-electron chi connectivity index (χ3n) is 20.0. The zero-order chi connectivity index (χ0) is 38.2. The highest BCUT2D eigenvalue weighted by atomic mass is 15.2. The van der Waals surface area contributed by atoms with E-state index in [1.165, 1.54) is 186 Å². The van der Waals surface area contributed by atoms with Gasteiger partial charge in [0.1, 0.15) is 0 Å². The van der Waals surface area contributed by atoms with E-state index in [-0.39, 0.29) is 0 Å². The van der Waals surface area contributed by atoms with Crippen LogP contribution in [0.5, 0.6) is 0 Å². The van der Waals surface area contributed by atoms with E-state index < -0.39 is 0 Å². The summed E-state index contributed by atoms with van der Waals surface area (Å²) in [6, 6.07) is 8.33. The lowest BCUT2D eigenvalue weighted by molar-refractivity contribution is -0.0144. The largest absolute Gasteiger partial charge is 0.294 e. The van der Waals surface area contributed by atoms with Crippen LogP contribution in [-0.2, 0) is 0 Å². The van der Waals surface area contributed by atoms with Crippen molar-refractivity contribution in [2.75, 3.05) is 0 Å². The second-order valence-corrected chi connectivity index (χ2v) is 23.1. The number of hydrogen-bond donors (Lipinski definition) is 0. The van der Waals surface area contributed by atoms with Crippen molar-refractivity contribution in [2.45, 2.75) is 318 Å². The van der Waals surface area contributed by atoms with Crippen molar-refractivity contribution < 1.29 is 0 Å². The van der Waals surface area contributed by atoms with Gasteiger partial charge < -0.3 is 0 Å². The van der Waals surface area contributed by atoms with Gasteiger partial charge in [0.25, 0.3) is 0 Å². The first-order valence-corrected chi connectivity index (χ1v) is 27.6. The van der Waals surface area contributed by atoms with Crippen LogP contribution in [0.25, 0.3) is 0 Å². The highest BCUT2D eigenvalue weighted by molar-refractivity contribution is 4.97. The molecule has 0 spiro atoms. The number of nitrogens with zero attached hydrogens (tertiary/aromatic N) is 3. The summed E-state index contributed by atoms with van der Waals surface area (Å²) in [5.41, 5.74) is 0. The lowest BCUT2D eigenvalue weighted by Gasteiger charge is -2.51. The molecule has 0 aromatic carbocycles. The minimum atomic E-state index is 0.913. The summed E-state index contributed by atoms with van der Waals surface area (Å²) in [6.45, 7) is 0. The van der Waals surface area contributed by atoms with Gasteiger partial charge in [0.15, 0.2) is 0 Å². The first-order chi connectivity index (χ1) is 28.3. The van der Waals surface area contributed by atoms with Crippen LogP contribution >= 0.6 is 0 Å². The first-order valence-electron chi connectivity index (χ1n) is 27.6. The highest BCUT2D eigenvalue weighted by Gasteiger charge is 2.43. The lowest BCUT2D eigenvalue weighted by Crippen LogP contribution is -2.53. The molecule has 0 aliphatic heterocycles. The standard InChI is InChI=1S/C54H95N3/c1-6-16-46(17-7-1)55(47-18-8-2-9-19-47)51-34-26-42(27-35-51)44-30-38-53(39-31-44)57(50-24-14-5-15-25-50)54-40-32-45(33-41-54)43-28-36-52(37-29-43)56(48-20-10-3-11-21-48)49-22-12-4-13-23-49/h42-54H,1-41H2. The van der Waals surface area contributed by atoms with E-state index in [0.29, 0.717) is 0 Å². The average Bonchev–Trinajstić information content (AvgIpc) is 3.30. The van der Waals surface area contributed by atoms with Gasteiger partial charge in [-0.2, -0.15) is 0 Å². The molecule has 9 aliphatic rings. The fourth-order valence-electron chi connectivity index (χ4n) is 17.1. The van der Waals surface area contributed by atoms with Gasteiger partial charge in [0.05, 0.1) is 0 Å². The summed E-state index contributed by atoms with van der Waals surface area (Å²) in [7, 11) is 0. The molecule has 326 valence electrons. The normalized spacial score (nSPS) is 38.6. The topological polar surface area (TPSA) is 9.72 Å². The van der Waals surface area contributed by atoms with Crippen molar-refractivity contribution in [1.82, 2.24) is 14.7 Å². The number of hydrogen-bond acceptors (Lipinski definition) is 3. The molecule has 0 aromatic heterocycles. The maximum absolute atomic E-state index is 3.30. The van der Waals surface area contributed by atoms with E-state index >= 15 is 0 Å². The van der Waals surface area contributed by atoms with E-state index in [2.05, 4.69) is 14.7 Å². The van der Waals surface area contributed by atoms with Gasteiger partial charge in [-0.15, -0.1) is 0 Å². The molecule has 3 heteroatoms. The van der Waals surface area contributed by atoms with Gasteiger partial charge in [-0.25, -0.2) is 0 Å². The summed E-state index contributed by atoms with van der Waals surface area (Å²) in [4.78, 5) is 9.74. The third kappa shape index (κ3) is 10.6. The predicted octanol–water partition coefficient (Wildman–Crippen LogP) is 14.8. The number of rotatable bonds is 11. The molecule has 9 saturated carbocycles. The van der Waals surface area contributed by atoms with Crippen LogP contribution in [0.2, 0.25) is 0 Å². The quantitative estimate of drug-likeness (QED) is 0.207. The second-order valence-electron chi connectivity index (χ2n) is 23.1. The van der Waals surface area contributed by atoms with Crippen molar-refractivity contribution >= 4 is 0 Å². The Morgan fingerprint density at radius 1 is 0.140 bits per heavy atom. The van der Waals surface area contributed by atoms with Gasteiger partial charge in [0, 0.05) is 54.4 Å². The molecule has 0 atom stereocenters. The van der Waals surface area contributed by atoms with E-state index in [9.17, 15) is 0 Å². The van der Waals surface area contributed by atoms with Crippen LogP contribution in [-0.4, -0.2) is 69.1 Å². The van der Waals surface area contributed by atoms with Crippen LogP contribution in [0.4, 0.5) is 0 Å². The van der Waals surface area contributed by atoms with E-state index in [4.69, 9.17) is 0 Å². The summed E-state index contributed by atoms with van der Waals surface area (Å²) >= 11 is 0. The minimum Gasteiger partial charge on any atom is -0.294 e. The van der Waals surface area contributed by atoms with Gasteiger partial charge in [-0.05, 0) is 191 Å². The Hall–Kier alpha value is -0.120. The van der Waals surface area contributed by atoms with Crippen LogP contribution in [0.3, 0.4) is 0 Å². The lowest BCUT2D eigenvalue weighted by atomic mass is 9.69. The zero-order valence-electron chi connectivity index (χ0n) is 37.8. The third-order valence-corrected chi connectivity index (χ3v) is 20.0. The maximum Gasteiger partial charge on any atom is 0.0101 e. The summed E-state index contributed by atoms with van der Waals surface area (Å²) in [5, 5.41) is 0. The molecule has 9 rings (SSSR count). The van der Waals surface area contributed by atoms with Crippen molar-refractivity contribution in [3.63, 3.8) is 0 Å². The summed E-state index contributed by atoms with van der Waals surface area (Å²) < 4.78 is 0. The fourth-order valence-corrected chi connectivity index (χ4v) is 17.1. The minimum absolute atomic E-state index is 0.913. The molecule has 0 N–H and O–H groups in total. The fraction of sp³-hybridized carbons (Fsp3) is 1.00. The van der Waals surface area contributed by atoms with Crippen LogP contribution in [0, 0.1) is 23.7 Å². The van der Waals surface area contributed by atoms with E-state index in [1.54, 1.807) is 77.0 Å². The molecule has 57 heavy (non-hydrogen) atoms. The van der Waals surface area contributed by atoms with E-state index in [0.717, 1.165) is 78.0 Å². The van der Waals surface area contributed by atoms with Crippen molar-refractivity contribution in [1.29, 1.82) is 0 Å². The van der Waals surface area contributed by atoms with Crippen molar-refractivity contribution in [3.05, 3.63) is 0 Å². The Bertz CT molecular complexity index is 992. The SMILES string of the molecule is C1CCC(N(C2CCCCC2)C2CCC(C3CCC(N(C4CCCCC4)C4CCC(C5CCC(N(C6CCCCC6)C6CCCCC6)CC5)CC4)CC3)CC2)CC1. The molecule has 0 amide bonds. The molecule has 0 saturated heterocycles. The van der Waals surface area contributed by atoms with Gasteiger partial charge in [-0.1, -0.05) is 96.3 Å². The Morgan fingerprint density at radius 2 is 0.281 bits per heavy atom. The molecule has 0 heterocycles. The van der Waals surface area contributed by atoms with Crippen molar-refractivity contribution in [3.8, 4) is 0 Å². The van der Waals surface area contributed by atoms with Gasteiger partial charge in [-0.3, -0.25) is 14.7 Å². The second kappa shape index (κ2) is 21.3. The summed E-state index contributed by atoms with van der Waals surface area (Å²) in [5.74, 6) is 4.19. The Balaban J connectivity index is 0.759. The molecule has 9 fully saturated rings. The predicted molar refractivity (Wildman–Crippen MR) is 243 cm³/mol.